The lowest BCUT2D eigenvalue weighted by atomic mass is 9.67. The first-order chi connectivity index (χ1) is 9.18. The summed E-state index contributed by atoms with van der Waals surface area (Å²) in [7, 11) is 4.03. The number of hydrogen-bond acceptors (Lipinski definition) is 3. The quantitative estimate of drug-likeness (QED) is 0.753. The molecule has 2 aliphatic carbocycles. The Bertz CT molecular complexity index is 263. The average Bonchev–Trinajstić information content (AvgIpc) is 2.87. The van der Waals surface area contributed by atoms with E-state index in [1.54, 1.807) is 7.11 Å². The highest BCUT2D eigenvalue weighted by Crippen LogP contribution is 2.50. The number of hydrogen-bond donors (Lipinski definition) is 1. The first-order valence-corrected chi connectivity index (χ1v) is 8.05. The molecule has 2 rings (SSSR count). The van der Waals surface area contributed by atoms with E-state index >= 15 is 0 Å². The number of aliphatic hydroxyl groups is 1. The summed E-state index contributed by atoms with van der Waals surface area (Å²) in [6.45, 7) is 2.01. The number of ether oxygens (including phenoxy) is 1. The Morgan fingerprint density at radius 2 is 1.95 bits per heavy atom. The van der Waals surface area contributed by atoms with E-state index in [2.05, 4.69) is 11.9 Å². The largest absolute Gasteiger partial charge is 0.393 e. The fourth-order valence-corrected chi connectivity index (χ4v) is 4.32. The van der Waals surface area contributed by atoms with Crippen LogP contribution in [0.2, 0.25) is 0 Å². The smallest absolute Gasteiger partial charge is 0.0555 e. The Morgan fingerprint density at radius 1 is 1.21 bits per heavy atom. The molecule has 2 atom stereocenters. The SMILES string of the molecule is COCCCCN(C)C1CC(O)CCC12CCCC2. The summed E-state index contributed by atoms with van der Waals surface area (Å²) in [6, 6.07) is 0.598. The topological polar surface area (TPSA) is 32.7 Å². The minimum absolute atomic E-state index is 0.0716. The maximum atomic E-state index is 10.0. The molecule has 0 aromatic heterocycles. The van der Waals surface area contributed by atoms with Crippen molar-refractivity contribution in [1.82, 2.24) is 4.90 Å². The van der Waals surface area contributed by atoms with E-state index < -0.39 is 0 Å². The standard InChI is InChI=1S/C16H31NO2/c1-17(11-5-6-12-19-2)15-13-14(18)7-10-16(15)8-3-4-9-16/h14-15,18H,3-13H2,1-2H3. The van der Waals surface area contributed by atoms with Crippen molar-refractivity contribution >= 4 is 0 Å². The molecule has 1 N–H and O–H groups in total. The number of nitrogens with zero attached hydrogens (tertiary/aromatic N) is 1. The van der Waals surface area contributed by atoms with Gasteiger partial charge in [-0.2, -0.15) is 0 Å². The first-order valence-electron chi connectivity index (χ1n) is 8.05. The van der Waals surface area contributed by atoms with Gasteiger partial charge in [-0.15, -0.1) is 0 Å². The van der Waals surface area contributed by atoms with Gasteiger partial charge < -0.3 is 14.7 Å². The Kier molecular flexibility index (Phi) is 5.67. The predicted octanol–water partition coefficient (Wildman–Crippen LogP) is 2.82. The van der Waals surface area contributed by atoms with Gasteiger partial charge in [0.1, 0.15) is 0 Å². The summed E-state index contributed by atoms with van der Waals surface area (Å²) in [5, 5.41) is 10.0. The molecule has 0 radical (unpaired) electrons. The van der Waals surface area contributed by atoms with Gasteiger partial charge in [0.2, 0.25) is 0 Å². The zero-order valence-electron chi connectivity index (χ0n) is 12.7. The normalized spacial score (nSPS) is 30.3. The molecule has 0 aliphatic heterocycles. The fourth-order valence-electron chi connectivity index (χ4n) is 4.32. The van der Waals surface area contributed by atoms with Crippen molar-refractivity contribution < 1.29 is 9.84 Å². The Balaban J connectivity index is 1.89. The maximum Gasteiger partial charge on any atom is 0.0555 e. The van der Waals surface area contributed by atoms with Crippen molar-refractivity contribution in [3.8, 4) is 0 Å². The molecule has 0 aromatic rings. The fraction of sp³-hybridized carbons (Fsp3) is 1.00. The van der Waals surface area contributed by atoms with Gasteiger partial charge >= 0.3 is 0 Å². The van der Waals surface area contributed by atoms with E-state index in [4.69, 9.17) is 4.74 Å². The number of aliphatic hydroxyl groups excluding tert-OH is 1. The Hall–Kier alpha value is -0.120. The van der Waals surface area contributed by atoms with Crippen LogP contribution >= 0.6 is 0 Å². The van der Waals surface area contributed by atoms with Crippen molar-refractivity contribution in [3.63, 3.8) is 0 Å². The number of rotatable bonds is 6. The molecule has 2 unspecified atom stereocenters. The Morgan fingerprint density at radius 3 is 2.63 bits per heavy atom. The third-order valence-corrected chi connectivity index (χ3v) is 5.42. The van der Waals surface area contributed by atoms with E-state index in [1.165, 1.54) is 38.5 Å². The van der Waals surface area contributed by atoms with Gasteiger partial charge in [-0.1, -0.05) is 12.8 Å². The third kappa shape index (κ3) is 3.71. The molecule has 3 nitrogen and oxygen atoms in total. The van der Waals surface area contributed by atoms with Crippen molar-refractivity contribution in [2.24, 2.45) is 5.41 Å². The molecular weight excluding hydrogens is 238 g/mol. The van der Waals surface area contributed by atoms with E-state index in [-0.39, 0.29) is 6.10 Å². The Labute approximate surface area is 118 Å². The summed E-state index contributed by atoms with van der Waals surface area (Å²) in [5.41, 5.74) is 0.523. The lowest BCUT2D eigenvalue weighted by molar-refractivity contribution is -0.0175. The van der Waals surface area contributed by atoms with E-state index in [0.29, 0.717) is 11.5 Å². The van der Waals surface area contributed by atoms with Gasteiger partial charge in [-0.25, -0.2) is 0 Å². The monoisotopic (exact) mass is 269 g/mol. The van der Waals surface area contributed by atoms with Crippen LogP contribution in [-0.2, 0) is 4.74 Å². The molecule has 0 heterocycles. The highest BCUT2D eigenvalue weighted by atomic mass is 16.5. The summed E-state index contributed by atoms with van der Waals surface area (Å²) in [5.74, 6) is 0. The van der Waals surface area contributed by atoms with Gasteiger partial charge in [-0.3, -0.25) is 0 Å². The summed E-state index contributed by atoms with van der Waals surface area (Å²) >= 11 is 0. The highest BCUT2D eigenvalue weighted by molar-refractivity contribution is 4.99. The molecule has 0 bridgehead atoms. The average molecular weight is 269 g/mol. The van der Waals surface area contributed by atoms with E-state index in [1.807, 2.05) is 0 Å². The minimum atomic E-state index is -0.0716. The molecule has 19 heavy (non-hydrogen) atoms. The second-order valence-corrected chi connectivity index (χ2v) is 6.69. The second-order valence-electron chi connectivity index (χ2n) is 6.69. The zero-order chi connectivity index (χ0) is 13.7. The van der Waals surface area contributed by atoms with Crippen LogP contribution in [0.15, 0.2) is 0 Å². The molecule has 0 saturated heterocycles. The lowest BCUT2D eigenvalue weighted by Crippen LogP contribution is -2.50. The van der Waals surface area contributed by atoms with Gasteiger partial charge in [0.25, 0.3) is 0 Å². The molecule has 0 amide bonds. The van der Waals surface area contributed by atoms with Crippen molar-refractivity contribution in [1.29, 1.82) is 0 Å². The van der Waals surface area contributed by atoms with Crippen LogP contribution in [-0.4, -0.2) is 49.5 Å². The molecule has 1 spiro atoms. The minimum Gasteiger partial charge on any atom is -0.393 e. The molecular formula is C16H31NO2. The second kappa shape index (κ2) is 7.05. The number of methoxy groups -OCH3 is 1. The third-order valence-electron chi connectivity index (χ3n) is 5.42. The molecule has 112 valence electrons. The molecule has 3 heteroatoms. The predicted molar refractivity (Wildman–Crippen MR) is 78.3 cm³/mol. The first kappa shape index (κ1) is 15.3. The van der Waals surface area contributed by atoms with Gasteiger partial charge in [-0.05, 0) is 64.0 Å². The van der Waals surface area contributed by atoms with Crippen LogP contribution in [0.4, 0.5) is 0 Å². The summed E-state index contributed by atoms with van der Waals surface area (Å²) in [6.07, 6.45) is 11.1. The van der Waals surface area contributed by atoms with Crippen LogP contribution in [0, 0.1) is 5.41 Å². The van der Waals surface area contributed by atoms with Crippen molar-refractivity contribution in [2.75, 3.05) is 27.3 Å². The maximum absolute atomic E-state index is 10.0. The van der Waals surface area contributed by atoms with E-state index in [0.717, 1.165) is 32.4 Å². The molecule has 2 fully saturated rings. The highest BCUT2D eigenvalue weighted by Gasteiger charge is 2.46. The van der Waals surface area contributed by atoms with Crippen LogP contribution in [0.5, 0.6) is 0 Å². The van der Waals surface area contributed by atoms with Gasteiger partial charge in [0.15, 0.2) is 0 Å². The number of unbranched alkanes of at least 4 members (excludes halogenated alkanes) is 1. The molecule has 0 aromatic carbocycles. The van der Waals surface area contributed by atoms with Crippen LogP contribution in [0.3, 0.4) is 0 Å². The van der Waals surface area contributed by atoms with Crippen LogP contribution < -0.4 is 0 Å². The molecule has 2 aliphatic rings. The zero-order valence-corrected chi connectivity index (χ0v) is 12.7. The van der Waals surface area contributed by atoms with E-state index in [9.17, 15) is 5.11 Å². The summed E-state index contributed by atoms with van der Waals surface area (Å²) < 4.78 is 5.12. The molecule has 2 saturated carbocycles. The van der Waals surface area contributed by atoms with Gasteiger partial charge in [0.05, 0.1) is 6.10 Å². The summed E-state index contributed by atoms with van der Waals surface area (Å²) in [4.78, 5) is 2.53. The van der Waals surface area contributed by atoms with Crippen molar-refractivity contribution in [3.05, 3.63) is 0 Å². The van der Waals surface area contributed by atoms with Gasteiger partial charge in [0, 0.05) is 19.8 Å². The van der Waals surface area contributed by atoms with Crippen molar-refractivity contribution in [2.45, 2.75) is 69.9 Å². The van der Waals surface area contributed by atoms with Crippen LogP contribution in [0.25, 0.3) is 0 Å². The van der Waals surface area contributed by atoms with Crippen LogP contribution in [0.1, 0.15) is 57.8 Å². The lowest BCUT2D eigenvalue weighted by Gasteiger charge is -2.47.